The van der Waals surface area contributed by atoms with Crippen molar-refractivity contribution in [2.75, 3.05) is 31.6 Å². The second-order valence-electron chi connectivity index (χ2n) is 6.76. The summed E-state index contributed by atoms with van der Waals surface area (Å²) in [7, 11) is 0. The van der Waals surface area contributed by atoms with Crippen LogP contribution < -0.4 is 5.32 Å². The molecular weight excluding hydrogens is 372 g/mol. The highest BCUT2D eigenvalue weighted by Gasteiger charge is 2.23. The van der Waals surface area contributed by atoms with Crippen molar-refractivity contribution in [3.63, 3.8) is 0 Å². The molecule has 0 saturated heterocycles. The zero-order valence-electron chi connectivity index (χ0n) is 17.2. The number of benzene rings is 1. The van der Waals surface area contributed by atoms with Crippen LogP contribution in [0.5, 0.6) is 0 Å². The summed E-state index contributed by atoms with van der Waals surface area (Å²) >= 11 is 1.36. The second-order valence-corrected chi connectivity index (χ2v) is 7.64. The average Bonchev–Trinajstić information content (AvgIpc) is 3.06. The molecule has 1 aromatic heterocycles. The molecule has 0 saturated carbocycles. The predicted octanol–water partition coefficient (Wildman–Crippen LogP) is 4.96. The van der Waals surface area contributed by atoms with Crippen molar-refractivity contribution in [1.29, 1.82) is 0 Å². The maximum atomic E-state index is 12.6. The van der Waals surface area contributed by atoms with Gasteiger partial charge in [0.2, 0.25) is 5.91 Å². The fourth-order valence-corrected chi connectivity index (χ4v) is 4.05. The molecule has 0 spiro atoms. The van der Waals surface area contributed by atoms with Crippen LogP contribution >= 0.6 is 11.3 Å². The molecule has 0 fully saturated rings. The Labute approximate surface area is 171 Å². The third-order valence-corrected chi connectivity index (χ3v) is 5.23. The van der Waals surface area contributed by atoms with Gasteiger partial charge < -0.3 is 10.1 Å². The van der Waals surface area contributed by atoms with Gasteiger partial charge in [-0.2, -0.15) is 0 Å². The molecule has 0 aliphatic carbocycles. The maximum Gasteiger partial charge on any atom is 0.341 e. The first-order chi connectivity index (χ1) is 13.5. The van der Waals surface area contributed by atoms with Crippen molar-refractivity contribution in [2.45, 2.75) is 40.5 Å². The van der Waals surface area contributed by atoms with Gasteiger partial charge in [-0.05, 0) is 45.3 Å². The summed E-state index contributed by atoms with van der Waals surface area (Å²) in [4.78, 5) is 27.3. The van der Waals surface area contributed by atoms with E-state index in [2.05, 4.69) is 24.1 Å². The van der Waals surface area contributed by atoms with Gasteiger partial charge in [0.25, 0.3) is 0 Å². The highest BCUT2D eigenvalue weighted by atomic mass is 32.1. The van der Waals surface area contributed by atoms with Crippen molar-refractivity contribution in [1.82, 2.24) is 4.90 Å². The lowest BCUT2D eigenvalue weighted by Gasteiger charge is -2.20. The zero-order valence-corrected chi connectivity index (χ0v) is 18.0. The first-order valence-corrected chi connectivity index (χ1v) is 10.8. The van der Waals surface area contributed by atoms with E-state index in [-0.39, 0.29) is 12.5 Å². The standard InChI is InChI=1S/C22H30N2O3S/c1-5-12-24(13-6-2)14-19(25)23-21-20(22(26)27-7-3)18(15-28-21)17-10-8-16(4)9-11-17/h8-11,15H,5-7,12-14H2,1-4H3,(H,23,25). The molecule has 0 aliphatic heterocycles. The minimum atomic E-state index is -0.409. The third kappa shape index (κ3) is 5.91. The van der Waals surface area contributed by atoms with Gasteiger partial charge in [-0.25, -0.2) is 4.79 Å². The lowest BCUT2D eigenvalue weighted by Crippen LogP contribution is -2.34. The topological polar surface area (TPSA) is 58.6 Å². The van der Waals surface area contributed by atoms with Crippen LogP contribution in [-0.2, 0) is 9.53 Å². The minimum absolute atomic E-state index is 0.107. The number of ether oxygens (including phenoxy) is 1. The summed E-state index contributed by atoms with van der Waals surface area (Å²) in [5.74, 6) is -0.515. The van der Waals surface area contributed by atoms with Gasteiger partial charge in [0.15, 0.2) is 0 Å². The van der Waals surface area contributed by atoms with E-state index in [0.717, 1.165) is 42.6 Å². The number of aryl methyl sites for hydroxylation is 1. The molecule has 0 unspecified atom stereocenters. The maximum absolute atomic E-state index is 12.6. The smallest absolute Gasteiger partial charge is 0.341 e. The van der Waals surface area contributed by atoms with Gasteiger partial charge in [-0.1, -0.05) is 43.7 Å². The number of amides is 1. The number of nitrogens with zero attached hydrogens (tertiary/aromatic N) is 1. The van der Waals surface area contributed by atoms with Crippen LogP contribution in [0.3, 0.4) is 0 Å². The number of rotatable bonds is 10. The Balaban J connectivity index is 2.27. The summed E-state index contributed by atoms with van der Waals surface area (Å²) < 4.78 is 5.26. The van der Waals surface area contributed by atoms with E-state index < -0.39 is 5.97 Å². The van der Waals surface area contributed by atoms with Crippen LogP contribution in [-0.4, -0.2) is 43.0 Å². The van der Waals surface area contributed by atoms with Crippen molar-refractivity contribution in [3.8, 4) is 11.1 Å². The lowest BCUT2D eigenvalue weighted by molar-refractivity contribution is -0.117. The van der Waals surface area contributed by atoms with E-state index in [1.54, 1.807) is 6.92 Å². The van der Waals surface area contributed by atoms with Crippen LogP contribution in [0, 0.1) is 6.92 Å². The van der Waals surface area contributed by atoms with Gasteiger partial charge in [0, 0.05) is 10.9 Å². The van der Waals surface area contributed by atoms with Gasteiger partial charge >= 0.3 is 5.97 Å². The van der Waals surface area contributed by atoms with Gasteiger partial charge in [0.1, 0.15) is 10.6 Å². The van der Waals surface area contributed by atoms with Crippen molar-refractivity contribution >= 4 is 28.2 Å². The molecule has 152 valence electrons. The average molecular weight is 403 g/mol. The fraction of sp³-hybridized carbons (Fsp3) is 0.455. The van der Waals surface area contributed by atoms with E-state index in [4.69, 9.17) is 4.74 Å². The normalized spacial score (nSPS) is 10.9. The molecule has 0 aliphatic rings. The number of thiophene rings is 1. The van der Waals surface area contributed by atoms with Crippen LogP contribution in [0.4, 0.5) is 5.00 Å². The number of esters is 1. The monoisotopic (exact) mass is 402 g/mol. The number of anilines is 1. The predicted molar refractivity (Wildman–Crippen MR) is 116 cm³/mol. The SMILES string of the molecule is CCCN(CCC)CC(=O)Nc1scc(-c2ccc(C)cc2)c1C(=O)OCC. The van der Waals surface area contributed by atoms with E-state index >= 15 is 0 Å². The van der Waals surface area contributed by atoms with Crippen LogP contribution in [0.25, 0.3) is 11.1 Å². The molecular formula is C22H30N2O3S. The first-order valence-electron chi connectivity index (χ1n) is 9.87. The van der Waals surface area contributed by atoms with Crippen LogP contribution in [0.2, 0.25) is 0 Å². The van der Waals surface area contributed by atoms with Crippen LogP contribution in [0.15, 0.2) is 29.6 Å². The van der Waals surface area contributed by atoms with E-state index in [0.29, 0.717) is 17.1 Å². The molecule has 1 N–H and O–H groups in total. The fourth-order valence-electron chi connectivity index (χ4n) is 3.07. The molecule has 0 atom stereocenters. The number of nitrogens with one attached hydrogen (secondary N) is 1. The Morgan fingerprint density at radius 1 is 1.07 bits per heavy atom. The quantitative estimate of drug-likeness (QED) is 0.571. The Bertz CT molecular complexity index is 778. The molecule has 1 amide bonds. The van der Waals surface area contributed by atoms with Crippen LogP contribution in [0.1, 0.15) is 49.5 Å². The number of hydrogen-bond acceptors (Lipinski definition) is 5. The van der Waals surface area contributed by atoms with E-state index in [9.17, 15) is 9.59 Å². The molecule has 6 heteroatoms. The highest BCUT2D eigenvalue weighted by Crippen LogP contribution is 2.36. The zero-order chi connectivity index (χ0) is 20.5. The molecule has 1 heterocycles. The second kappa shape index (κ2) is 11.0. The molecule has 0 bridgehead atoms. The molecule has 1 aromatic carbocycles. The first kappa shape index (κ1) is 22.1. The summed E-state index contributed by atoms with van der Waals surface area (Å²) in [6.07, 6.45) is 2.00. The van der Waals surface area contributed by atoms with Crippen molar-refractivity contribution in [2.24, 2.45) is 0 Å². The molecule has 2 rings (SSSR count). The minimum Gasteiger partial charge on any atom is -0.462 e. The number of carbonyl (C=O) groups excluding carboxylic acids is 2. The Morgan fingerprint density at radius 3 is 2.29 bits per heavy atom. The Morgan fingerprint density at radius 2 is 1.71 bits per heavy atom. The van der Waals surface area contributed by atoms with Crippen molar-refractivity contribution in [3.05, 3.63) is 40.8 Å². The Hall–Kier alpha value is -2.18. The summed E-state index contributed by atoms with van der Waals surface area (Å²) in [5, 5.41) is 5.39. The molecule has 28 heavy (non-hydrogen) atoms. The summed E-state index contributed by atoms with van der Waals surface area (Å²) in [6.45, 7) is 10.4. The van der Waals surface area contributed by atoms with Gasteiger partial charge in [0.05, 0.1) is 13.2 Å². The van der Waals surface area contributed by atoms with Gasteiger partial charge in [-0.3, -0.25) is 9.69 Å². The summed E-state index contributed by atoms with van der Waals surface area (Å²) in [6, 6.07) is 7.98. The number of carbonyl (C=O) groups is 2. The van der Waals surface area contributed by atoms with E-state index in [1.165, 1.54) is 11.3 Å². The molecule has 0 radical (unpaired) electrons. The van der Waals surface area contributed by atoms with Gasteiger partial charge in [-0.15, -0.1) is 11.3 Å². The molecule has 5 nitrogen and oxygen atoms in total. The highest BCUT2D eigenvalue weighted by molar-refractivity contribution is 7.15. The number of hydrogen-bond donors (Lipinski definition) is 1. The lowest BCUT2D eigenvalue weighted by atomic mass is 10.0. The summed E-state index contributed by atoms with van der Waals surface area (Å²) in [5.41, 5.74) is 3.31. The largest absolute Gasteiger partial charge is 0.462 e. The Kier molecular flexibility index (Phi) is 8.67. The van der Waals surface area contributed by atoms with Crippen molar-refractivity contribution < 1.29 is 14.3 Å². The van der Waals surface area contributed by atoms with E-state index in [1.807, 2.05) is 36.6 Å². The molecule has 2 aromatic rings. The third-order valence-electron chi connectivity index (χ3n) is 4.33.